The molecule has 1 unspecified atom stereocenters. The molecule has 1 amide bonds. The zero-order chi connectivity index (χ0) is 17.5. The molecule has 1 fully saturated rings. The standard InChI is InChI=1S/C19H28N2O3/c1-14(2)18(21-11-4-3-5-12-21)19(24)20-16-8-6-7-15(13-16)9-10-17(22)23/h6-8,13-14,18H,3-5,9-12H2,1-2H3,(H,20,24)(H,22,23). The maximum atomic E-state index is 12.8. The molecule has 0 aromatic heterocycles. The topological polar surface area (TPSA) is 69.6 Å². The van der Waals surface area contributed by atoms with Gasteiger partial charge in [-0.1, -0.05) is 32.4 Å². The molecule has 1 aromatic carbocycles. The number of aryl methyl sites for hydroxylation is 1. The number of rotatable bonds is 7. The van der Waals surface area contributed by atoms with Gasteiger partial charge < -0.3 is 10.4 Å². The Morgan fingerprint density at radius 1 is 1.21 bits per heavy atom. The fourth-order valence-electron chi connectivity index (χ4n) is 3.36. The van der Waals surface area contributed by atoms with Crippen molar-refractivity contribution in [3.63, 3.8) is 0 Å². The molecular formula is C19H28N2O3. The van der Waals surface area contributed by atoms with E-state index in [1.165, 1.54) is 6.42 Å². The number of hydrogen-bond donors (Lipinski definition) is 2. The van der Waals surface area contributed by atoms with Crippen LogP contribution < -0.4 is 5.32 Å². The Kier molecular flexibility index (Phi) is 6.79. The highest BCUT2D eigenvalue weighted by atomic mass is 16.4. The van der Waals surface area contributed by atoms with Crippen LogP contribution in [0.5, 0.6) is 0 Å². The van der Waals surface area contributed by atoms with Crippen LogP contribution in [0.3, 0.4) is 0 Å². The Labute approximate surface area is 144 Å². The summed E-state index contributed by atoms with van der Waals surface area (Å²) in [4.78, 5) is 25.8. The van der Waals surface area contributed by atoms with Gasteiger partial charge in [0.1, 0.15) is 0 Å². The quantitative estimate of drug-likeness (QED) is 0.805. The summed E-state index contributed by atoms with van der Waals surface area (Å²) in [5, 5.41) is 11.8. The maximum absolute atomic E-state index is 12.8. The minimum absolute atomic E-state index is 0.0299. The zero-order valence-electron chi connectivity index (χ0n) is 14.6. The predicted octanol–water partition coefficient (Wildman–Crippen LogP) is 3.15. The van der Waals surface area contributed by atoms with Gasteiger partial charge in [0.25, 0.3) is 0 Å². The molecular weight excluding hydrogens is 304 g/mol. The maximum Gasteiger partial charge on any atom is 0.303 e. The number of benzene rings is 1. The molecule has 2 N–H and O–H groups in total. The average Bonchev–Trinajstić information content (AvgIpc) is 2.54. The minimum atomic E-state index is -0.811. The van der Waals surface area contributed by atoms with Crippen LogP contribution in [-0.2, 0) is 16.0 Å². The molecule has 132 valence electrons. The average molecular weight is 332 g/mol. The van der Waals surface area contributed by atoms with Crippen LogP contribution in [0.4, 0.5) is 5.69 Å². The number of nitrogens with one attached hydrogen (secondary N) is 1. The van der Waals surface area contributed by atoms with Crippen molar-refractivity contribution < 1.29 is 14.7 Å². The summed E-state index contributed by atoms with van der Waals surface area (Å²) in [5.74, 6) is -0.532. The Bertz CT molecular complexity index is 565. The molecule has 2 rings (SSSR count). The second-order valence-electron chi connectivity index (χ2n) is 6.87. The van der Waals surface area contributed by atoms with Gasteiger partial charge in [-0.25, -0.2) is 0 Å². The summed E-state index contributed by atoms with van der Waals surface area (Å²) >= 11 is 0. The molecule has 0 bridgehead atoms. The summed E-state index contributed by atoms with van der Waals surface area (Å²) in [7, 11) is 0. The van der Waals surface area contributed by atoms with Crippen molar-refractivity contribution >= 4 is 17.6 Å². The number of amides is 1. The van der Waals surface area contributed by atoms with Gasteiger partial charge in [-0.15, -0.1) is 0 Å². The molecule has 5 heteroatoms. The number of carbonyl (C=O) groups excluding carboxylic acids is 1. The number of carboxylic acids is 1. The van der Waals surface area contributed by atoms with Crippen molar-refractivity contribution in [3.05, 3.63) is 29.8 Å². The molecule has 1 atom stereocenters. The van der Waals surface area contributed by atoms with Crippen LogP contribution in [0.1, 0.15) is 45.1 Å². The lowest BCUT2D eigenvalue weighted by Gasteiger charge is -2.35. The molecule has 1 heterocycles. The second-order valence-corrected chi connectivity index (χ2v) is 6.87. The van der Waals surface area contributed by atoms with Crippen LogP contribution >= 0.6 is 0 Å². The summed E-state index contributed by atoms with van der Waals surface area (Å²) in [5.41, 5.74) is 1.67. The van der Waals surface area contributed by atoms with E-state index in [0.717, 1.165) is 37.2 Å². The number of nitrogens with zero attached hydrogens (tertiary/aromatic N) is 1. The fraction of sp³-hybridized carbons (Fsp3) is 0.579. The third-order valence-corrected chi connectivity index (χ3v) is 4.51. The summed E-state index contributed by atoms with van der Waals surface area (Å²) in [6.07, 6.45) is 4.12. The van der Waals surface area contributed by atoms with E-state index in [4.69, 9.17) is 5.11 Å². The van der Waals surface area contributed by atoms with E-state index in [1.54, 1.807) is 0 Å². The third-order valence-electron chi connectivity index (χ3n) is 4.51. The summed E-state index contributed by atoms with van der Waals surface area (Å²) in [6, 6.07) is 7.36. The molecule has 0 spiro atoms. The molecule has 1 aliphatic heterocycles. The van der Waals surface area contributed by atoms with E-state index in [-0.39, 0.29) is 24.3 Å². The Balaban J connectivity index is 2.03. The van der Waals surface area contributed by atoms with Crippen LogP contribution in [0, 0.1) is 5.92 Å². The van der Waals surface area contributed by atoms with E-state index >= 15 is 0 Å². The van der Waals surface area contributed by atoms with Crippen molar-refractivity contribution in [3.8, 4) is 0 Å². The molecule has 24 heavy (non-hydrogen) atoms. The van der Waals surface area contributed by atoms with Crippen LogP contribution in [0.2, 0.25) is 0 Å². The first kappa shape index (κ1) is 18.5. The Morgan fingerprint density at radius 3 is 2.54 bits per heavy atom. The minimum Gasteiger partial charge on any atom is -0.481 e. The van der Waals surface area contributed by atoms with E-state index in [1.807, 2.05) is 24.3 Å². The van der Waals surface area contributed by atoms with Crippen molar-refractivity contribution in [1.29, 1.82) is 0 Å². The first-order valence-corrected chi connectivity index (χ1v) is 8.83. The van der Waals surface area contributed by atoms with Crippen molar-refractivity contribution in [2.45, 2.75) is 52.0 Å². The molecule has 5 nitrogen and oxygen atoms in total. The Morgan fingerprint density at radius 2 is 1.92 bits per heavy atom. The van der Waals surface area contributed by atoms with Crippen molar-refractivity contribution in [2.24, 2.45) is 5.92 Å². The Hall–Kier alpha value is -1.88. The summed E-state index contributed by atoms with van der Waals surface area (Å²) in [6.45, 7) is 6.13. The van der Waals surface area contributed by atoms with Gasteiger partial charge in [0.05, 0.1) is 6.04 Å². The monoisotopic (exact) mass is 332 g/mol. The first-order chi connectivity index (χ1) is 11.5. The van der Waals surface area contributed by atoms with Gasteiger partial charge in [-0.05, 0) is 56.0 Å². The van der Waals surface area contributed by atoms with Gasteiger partial charge in [0.2, 0.25) is 5.91 Å². The smallest absolute Gasteiger partial charge is 0.303 e. The van der Waals surface area contributed by atoms with Gasteiger partial charge in [-0.2, -0.15) is 0 Å². The third kappa shape index (κ3) is 5.34. The van der Waals surface area contributed by atoms with Crippen LogP contribution in [0.15, 0.2) is 24.3 Å². The predicted molar refractivity (Wildman–Crippen MR) is 95.1 cm³/mol. The molecule has 1 aromatic rings. The number of anilines is 1. The van der Waals surface area contributed by atoms with Crippen molar-refractivity contribution in [1.82, 2.24) is 4.90 Å². The number of carboxylic acid groups (broad SMARTS) is 1. The first-order valence-electron chi connectivity index (χ1n) is 8.83. The van der Waals surface area contributed by atoms with E-state index in [2.05, 4.69) is 24.1 Å². The molecule has 1 saturated heterocycles. The van der Waals surface area contributed by atoms with Gasteiger partial charge >= 0.3 is 5.97 Å². The number of piperidine rings is 1. The summed E-state index contributed by atoms with van der Waals surface area (Å²) < 4.78 is 0. The molecule has 1 aliphatic rings. The van der Waals surface area contributed by atoms with E-state index in [0.29, 0.717) is 6.42 Å². The van der Waals surface area contributed by atoms with Crippen LogP contribution in [0.25, 0.3) is 0 Å². The molecule has 0 saturated carbocycles. The lowest BCUT2D eigenvalue weighted by Crippen LogP contribution is -2.49. The molecule has 0 aliphatic carbocycles. The highest BCUT2D eigenvalue weighted by Gasteiger charge is 2.29. The molecule has 0 radical (unpaired) electrons. The highest BCUT2D eigenvalue weighted by Crippen LogP contribution is 2.20. The van der Waals surface area contributed by atoms with Gasteiger partial charge in [-0.3, -0.25) is 14.5 Å². The second kappa shape index (κ2) is 8.83. The zero-order valence-corrected chi connectivity index (χ0v) is 14.6. The normalized spacial score (nSPS) is 16.8. The number of aliphatic carboxylic acids is 1. The van der Waals surface area contributed by atoms with Gasteiger partial charge in [0, 0.05) is 12.1 Å². The van der Waals surface area contributed by atoms with E-state index < -0.39 is 5.97 Å². The van der Waals surface area contributed by atoms with Crippen molar-refractivity contribution in [2.75, 3.05) is 18.4 Å². The lowest BCUT2D eigenvalue weighted by molar-refractivity contribution is -0.137. The number of carbonyl (C=O) groups is 2. The number of likely N-dealkylation sites (tertiary alicyclic amines) is 1. The van der Waals surface area contributed by atoms with Gasteiger partial charge in [0.15, 0.2) is 0 Å². The van der Waals surface area contributed by atoms with E-state index in [9.17, 15) is 9.59 Å². The lowest BCUT2D eigenvalue weighted by atomic mass is 9.98. The highest BCUT2D eigenvalue weighted by molar-refractivity contribution is 5.95. The van der Waals surface area contributed by atoms with Crippen LogP contribution in [-0.4, -0.2) is 41.0 Å². The number of hydrogen-bond acceptors (Lipinski definition) is 3. The SMILES string of the molecule is CC(C)C(C(=O)Nc1cccc(CCC(=O)O)c1)N1CCCCC1. The largest absolute Gasteiger partial charge is 0.481 e. The fourth-order valence-corrected chi connectivity index (χ4v) is 3.36.